The van der Waals surface area contributed by atoms with Crippen molar-refractivity contribution in [1.82, 2.24) is 9.88 Å². The van der Waals surface area contributed by atoms with Crippen molar-refractivity contribution in [2.75, 3.05) is 14.2 Å². The van der Waals surface area contributed by atoms with Gasteiger partial charge in [0.05, 0.1) is 19.3 Å². The quantitative estimate of drug-likeness (QED) is 0.589. The van der Waals surface area contributed by atoms with Crippen LogP contribution in [0.3, 0.4) is 0 Å². The predicted octanol–water partition coefficient (Wildman–Crippen LogP) is 0.993. The summed E-state index contributed by atoms with van der Waals surface area (Å²) in [6.45, 7) is 0.401. The Labute approximate surface area is 106 Å². The van der Waals surface area contributed by atoms with Gasteiger partial charge in [0.1, 0.15) is 5.41 Å². The van der Waals surface area contributed by atoms with Crippen molar-refractivity contribution in [1.29, 1.82) is 0 Å². The molecule has 5 heteroatoms. The van der Waals surface area contributed by atoms with Crippen molar-refractivity contribution in [3.8, 4) is 0 Å². The largest absolute Gasteiger partial charge is 0.468 e. The van der Waals surface area contributed by atoms with Gasteiger partial charge in [-0.05, 0) is 25.0 Å². The van der Waals surface area contributed by atoms with Crippen LogP contribution in [0.1, 0.15) is 18.5 Å². The van der Waals surface area contributed by atoms with E-state index in [0.29, 0.717) is 19.4 Å². The molecule has 1 aliphatic carbocycles. The van der Waals surface area contributed by atoms with E-state index in [2.05, 4.69) is 4.98 Å². The lowest BCUT2D eigenvalue weighted by Gasteiger charge is -2.21. The van der Waals surface area contributed by atoms with Crippen LogP contribution >= 0.6 is 0 Å². The van der Waals surface area contributed by atoms with Crippen LogP contribution in [0.5, 0.6) is 0 Å². The van der Waals surface area contributed by atoms with Crippen LogP contribution in [-0.4, -0.2) is 35.9 Å². The van der Waals surface area contributed by atoms with E-state index < -0.39 is 11.4 Å². The highest BCUT2D eigenvalue weighted by atomic mass is 16.5. The second-order valence-corrected chi connectivity index (χ2v) is 4.56. The molecule has 0 saturated heterocycles. The van der Waals surface area contributed by atoms with Crippen molar-refractivity contribution >= 4 is 11.9 Å². The number of carbonyl (C=O) groups is 2. The van der Waals surface area contributed by atoms with Crippen LogP contribution in [0.15, 0.2) is 24.4 Å². The molecule has 1 saturated carbocycles. The molecule has 1 heterocycles. The smallest absolute Gasteiger partial charge is 0.321 e. The van der Waals surface area contributed by atoms with Crippen molar-refractivity contribution < 1.29 is 14.3 Å². The zero-order valence-electron chi connectivity index (χ0n) is 10.5. The van der Waals surface area contributed by atoms with Crippen LogP contribution in [0, 0.1) is 5.41 Å². The van der Waals surface area contributed by atoms with Gasteiger partial charge in [-0.1, -0.05) is 6.07 Å². The van der Waals surface area contributed by atoms with E-state index in [1.807, 2.05) is 18.2 Å². The van der Waals surface area contributed by atoms with Crippen molar-refractivity contribution in [2.24, 2.45) is 5.41 Å². The minimum atomic E-state index is -0.932. The summed E-state index contributed by atoms with van der Waals surface area (Å²) >= 11 is 0. The summed E-state index contributed by atoms with van der Waals surface area (Å²) in [7, 11) is 2.99. The first-order chi connectivity index (χ1) is 8.60. The van der Waals surface area contributed by atoms with Crippen LogP contribution in [0.4, 0.5) is 0 Å². The number of esters is 1. The number of pyridine rings is 1. The van der Waals surface area contributed by atoms with E-state index in [4.69, 9.17) is 4.74 Å². The normalized spacial score (nSPS) is 15.9. The molecule has 0 radical (unpaired) electrons. The SMILES string of the molecule is COC(=O)C1(C(=O)N(C)Cc2ccccn2)CC1. The number of amides is 1. The van der Waals surface area contributed by atoms with Gasteiger partial charge in [0.15, 0.2) is 0 Å². The predicted molar refractivity (Wildman–Crippen MR) is 64.4 cm³/mol. The molecule has 18 heavy (non-hydrogen) atoms. The van der Waals surface area contributed by atoms with E-state index in [1.54, 1.807) is 13.2 Å². The molecule has 1 aromatic rings. The van der Waals surface area contributed by atoms with Crippen molar-refractivity contribution in [3.63, 3.8) is 0 Å². The van der Waals surface area contributed by atoms with Gasteiger partial charge in [0, 0.05) is 13.2 Å². The first-order valence-corrected chi connectivity index (χ1v) is 5.84. The molecule has 0 aliphatic heterocycles. The molecule has 0 aromatic carbocycles. The number of nitrogens with zero attached hydrogens (tertiary/aromatic N) is 2. The van der Waals surface area contributed by atoms with Gasteiger partial charge in [-0.3, -0.25) is 14.6 Å². The van der Waals surface area contributed by atoms with Crippen molar-refractivity contribution in [2.45, 2.75) is 19.4 Å². The molecule has 0 unspecified atom stereocenters. The Morgan fingerprint density at radius 3 is 2.67 bits per heavy atom. The second kappa shape index (κ2) is 4.76. The first-order valence-electron chi connectivity index (χ1n) is 5.84. The zero-order valence-corrected chi connectivity index (χ0v) is 10.5. The number of methoxy groups -OCH3 is 1. The van der Waals surface area contributed by atoms with Gasteiger partial charge >= 0.3 is 5.97 Å². The lowest BCUT2D eigenvalue weighted by Crippen LogP contribution is -2.38. The summed E-state index contributed by atoms with van der Waals surface area (Å²) in [4.78, 5) is 29.5. The van der Waals surface area contributed by atoms with Crippen LogP contribution in [0.25, 0.3) is 0 Å². The number of aromatic nitrogens is 1. The minimum Gasteiger partial charge on any atom is -0.468 e. The van der Waals surface area contributed by atoms with Crippen molar-refractivity contribution in [3.05, 3.63) is 30.1 Å². The number of rotatable bonds is 4. The molecule has 96 valence electrons. The number of hydrogen-bond acceptors (Lipinski definition) is 4. The molecule has 1 amide bonds. The van der Waals surface area contributed by atoms with Gasteiger partial charge < -0.3 is 9.64 Å². The van der Waals surface area contributed by atoms with E-state index in [0.717, 1.165) is 5.69 Å². The molecule has 0 bridgehead atoms. The highest BCUT2D eigenvalue weighted by Crippen LogP contribution is 2.48. The molecule has 0 atom stereocenters. The molecular weight excluding hydrogens is 232 g/mol. The Morgan fingerprint density at radius 1 is 1.44 bits per heavy atom. The Hall–Kier alpha value is -1.91. The summed E-state index contributed by atoms with van der Waals surface area (Å²) in [5.41, 5.74) is -0.132. The summed E-state index contributed by atoms with van der Waals surface area (Å²) in [5, 5.41) is 0. The van der Waals surface area contributed by atoms with E-state index in [-0.39, 0.29) is 5.91 Å². The maximum absolute atomic E-state index is 12.2. The standard InChI is InChI=1S/C13H16N2O3/c1-15(9-10-5-3-4-8-14-10)11(16)13(6-7-13)12(17)18-2/h3-5,8H,6-7,9H2,1-2H3. The third-order valence-electron chi connectivity index (χ3n) is 3.21. The maximum atomic E-state index is 12.2. The molecule has 1 aliphatic rings. The van der Waals surface area contributed by atoms with Gasteiger partial charge in [-0.25, -0.2) is 0 Å². The van der Waals surface area contributed by atoms with Gasteiger partial charge in [-0.15, -0.1) is 0 Å². The Morgan fingerprint density at radius 2 is 2.17 bits per heavy atom. The average molecular weight is 248 g/mol. The summed E-state index contributed by atoms with van der Waals surface area (Å²) < 4.78 is 4.70. The molecule has 1 aromatic heterocycles. The molecular formula is C13H16N2O3. The first kappa shape index (κ1) is 12.5. The third kappa shape index (κ3) is 2.20. The molecule has 1 fully saturated rings. The van der Waals surface area contributed by atoms with Gasteiger partial charge in [0.2, 0.25) is 5.91 Å². The molecule has 2 rings (SSSR count). The number of carbonyl (C=O) groups excluding carboxylic acids is 2. The fourth-order valence-electron chi connectivity index (χ4n) is 2.00. The molecule has 5 nitrogen and oxygen atoms in total. The Bertz CT molecular complexity index is 455. The van der Waals surface area contributed by atoms with Crippen LogP contribution in [0.2, 0.25) is 0 Å². The number of ether oxygens (including phenoxy) is 1. The Balaban J connectivity index is 2.04. The third-order valence-corrected chi connectivity index (χ3v) is 3.21. The second-order valence-electron chi connectivity index (χ2n) is 4.56. The lowest BCUT2D eigenvalue weighted by molar-refractivity contribution is -0.155. The summed E-state index contributed by atoms with van der Waals surface area (Å²) in [6.07, 6.45) is 2.83. The summed E-state index contributed by atoms with van der Waals surface area (Å²) in [5.74, 6) is -0.611. The molecule has 0 spiro atoms. The van der Waals surface area contributed by atoms with Crippen LogP contribution < -0.4 is 0 Å². The average Bonchev–Trinajstić information content (AvgIpc) is 3.19. The highest BCUT2D eigenvalue weighted by molar-refractivity contribution is 6.05. The zero-order chi connectivity index (χ0) is 13.2. The number of hydrogen-bond donors (Lipinski definition) is 0. The Kier molecular flexibility index (Phi) is 3.32. The highest BCUT2D eigenvalue weighted by Gasteiger charge is 2.58. The minimum absolute atomic E-state index is 0.181. The fourth-order valence-corrected chi connectivity index (χ4v) is 2.00. The lowest BCUT2D eigenvalue weighted by atomic mass is 10.1. The van der Waals surface area contributed by atoms with Gasteiger partial charge in [-0.2, -0.15) is 0 Å². The monoisotopic (exact) mass is 248 g/mol. The van der Waals surface area contributed by atoms with Crippen LogP contribution in [-0.2, 0) is 20.9 Å². The molecule has 0 N–H and O–H groups in total. The van der Waals surface area contributed by atoms with E-state index in [1.165, 1.54) is 12.0 Å². The fraction of sp³-hybridized carbons (Fsp3) is 0.462. The van der Waals surface area contributed by atoms with E-state index in [9.17, 15) is 9.59 Å². The van der Waals surface area contributed by atoms with Gasteiger partial charge in [0.25, 0.3) is 0 Å². The van der Waals surface area contributed by atoms with E-state index >= 15 is 0 Å². The summed E-state index contributed by atoms with van der Waals surface area (Å²) in [6, 6.07) is 5.54. The topological polar surface area (TPSA) is 59.5 Å². The maximum Gasteiger partial charge on any atom is 0.321 e.